The Kier molecular flexibility index (Phi) is 9.56. The van der Waals surface area contributed by atoms with Crippen molar-refractivity contribution in [3.05, 3.63) is 21.8 Å². The van der Waals surface area contributed by atoms with Gasteiger partial charge in [0.25, 0.3) is 0 Å². The Hall–Kier alpha value is -0.280. The molecular formula is C13H22BrClN2. The van der Waals surface area contributed by atoms with Gasteiger partial charge < -0.3 is 5.32 Å². The third-order valence-corrected chi connectivity index (χ3v) is 3.25. The first-order valence-electron chi connectivity index (χ1n) is 6.30. The molecule has 1 aromatic heterocycles. The average Bonchev–Trinajstić information content (AvgIpc) is 3.20. The van der Waals surface area contributed by atoms with E-state index in [4.69, 9.17) is 11.6 Å². The van der Waals surface area contributed by atoms with Crippen LogP contribution in [0.25, 0.3) is 0 Å². The maximum Gasteiger partial charge on any atom is 0.127 e. The van der Waals surface area contributed by atoms with Gasteiger partial charge in [-0.3, -0.25) is 0 Å². The summed E-state index contributed by atoms with van der Waals surface area (Å²) in [6.45, 7) is 9.02. The van der Waals surface area contributed by atoms with Gasteiger partial charge in [0.2, 0.25) is 0 Å². The van der Waals surface area contributed by atoms with Gasteiger partial charge in [-0.05, 0) is 34.7 Å². The second-order valence-corrected chi connectivity index (χ2v) is 4.57. The van der Waals surface area contributed by atoms with E-state index in [9.17, 15) is 0 Å². The third kappa shape index (κ3) is 6.89. The second kappa shape index (κ2) is 9.72. The zero-order chi connectivity index (χ0) is 13.3. The number of rotatable bonds is 3. The molecule has 0 atom stereocenters. The fourth-order valence-corrected chi connectivity index (χ4v) is 1.45. The number of halogens is 2. The molecule has 1 aliphatic carbocycles. The van der Waals surface area contributed by atoms with Gasteiger partial charge in [-0.15, -0.1) is 0 Å². The Labute approximate surface area is 118 Å². The quantitative estimate of drug-likeness (QED) is 0.809. The Balaban J connectivity index is 0.000000581. The Morgan fingerprint density at radius 3 is 2.41 bits per heavy atom. The Morgan fingerprint density at radius 1 is 1.35 bits per heavy atom. The van der Waals surface area contributed by atoms with Crippen molar-refractivity contribution in [3.63, 3.8) is 0 Å². The molecule has 0 bridgehead atoms. The van der Waals surface area contributed by atoms with Crippen LogP contribution in [0, 0.1) is 5.92 Å². The van der Waals surface area contributed by atoms with Crippen LogP contribution in [-0.2, 0) is 0 Å². The van der Waals surface area contributed by atoms with E-state index in [0.717, 1.165) is 22.8 Å². The van der Waals surface area contributed by atoms with Crippen molar-refractivity contribution >= 4 is 33.3 Å². The molecule has 0 radical (unpaired) electrons. The van der Waals surface area contributed by atoms with Gasteiger partial charge >= 0.3 is 0 Å². The lowest BCUT2D eigenvalue weighted by Crippen LogP contribution is -2.04. The van der Waals surface area contributed by atoms with Crippen LogP contribution in [0.5, 0.6) is 0 Å². The molecule has 0 spiro atoms. The van der Waals surface area contributed by atoms with Crippen LogP contribution in [0.2, 0.25) is 5.02 Å². The van der Waals surface area contributed by atoms with E-state index < -0.39 is 0 Å². The molecule has 1 fully saturated rings. The fraction of sp³-hybridized carbons (Fsp3) is 0.615. The molecule has 1 saturated carbocycles. The van der Waals surface area contributed by atoms with Crippen molar-refractivity contribution in [3.8, 4) is 0 Å². The zero-order valence-corrected chi connectivity index (χ0v) is 13.4. The van der Waals surface area contributed by atoms with Crippen LogP contribution < -0.4 is 5.32 Å². The highest BCUT2D eigenvalue weighted by Gasteiger charge is 2.20. The number of pyridine rings is 1. The summed E-state index contributed by atoms with van der Waals surface area (Å²) in [4.78, 5) is 4.20. The molecule has 1 heterocycles. The molecule has 2 nitrogen and oxygen atoms in total. The van der Waals surface area contributed by atoms with E-state index in [1.54, 1.807) is 6.20 Å². The molecule has 98 valence electrons. The van der Waals surface area contributed by atoms with Gasteiger partial charge in [-0.1, -0.05) is 39.3 Å². The smallest absolute Gasteiger partial charge is 0.127 e. The highest BCUT2D eigenvalue weighted by atomic mass is 79.9. The van der Waals surface area contributed by atoms with Crippen LogP contribution in [0.1, 0.15) is 40.5 Å². The molecule has 1 aromatic rings. The molecule has 1 aliphatic rings. The van der Waals surface area contributed by atoms with Gasteiger partial charge in [0, 0.05) is 18.8 Å². The van der Waals surface area contributed by atoms with Crippen molar-refractivity contribution in [2.75, 3.05) is 11.9 Å². The van der Waals surface area contributed by atoms with E-state index in [-0.39, 0.29) is 0 Å². The number of nitrogens with one attached hydrogen (secondary N) is 1. The minimum Gasteiger partial charge on any atom is -0.370 e. The summed E-state index contributed by atoms with van der Waals surface area (Å²) in [6, 6.07) is 1.84. The number of nitrogens with zero attached hydrogens (tertiary/aromatic N) is 1. The van der Waals surface area contributed by atoms with Crippen molar-refractivity contribution in [1.82, 2.24) is 4.98 Å². The summed E-state index contributed by atoms with van der Waals surface area (Å²) in [5.41, 5.74) is 0. The normalized spacial score (nSPS) is 12.8. The molecular weight excluding hydrogens is 300 g/mol. The monoisotopic (exact) mass is 320 g/mol. The number of hydrogen-bond donors (Lipinski definition) is 1. The number of aromatic nitrogens is 1. The van der Waals surface area contributed by atoms with E-state index in [1.807, 2.05) is 33.8 Å². The fourth-order valence-electron chi connectivity index (χ4n) is 1.08. The summed E-state index contributed by atoms with van der Waals surface area (Å²) in [7, 11) is 0. The van der Waals surface area contributed by atoms with Crippen molar-refractivity contribution < 1.29 is 0 Å². The first-order valence-corrected chi connectivity index (χ1v) is 7.48. The van der Waals surface area contributed by atoms with Crippen LogP contribution in [-0.4, -0.2) is 11.5 Å². The van der Waals surface area contributed by atoms with E-state index >= 15 is 0 Å². The SMILES string of the molecule is CC.CC.Clc1cc(NCC2CC2)ncc1Br. The van der Waals surface area contributed by atoms with Gasteiger partial charge in [0.1, 0.15) is 5.82 Å². The topological polar surface area (TPSA) is 24.9 Å². The van der Waals surface area contributed by atoms with Gasteiger partial charge in [-0.25, -0.2) is 4.98 Å². The third-order valence-electron chi connectivity index (χ3n) is 2.08. The lowest BCUT2D eigenvalue weighted by Gasteiger charge is -2.04. The summed E-state index contributed by atoms with van der Waals surface area (Å²) in [5.74, 6) is 1.71. The predicted octanol–water partition coefficient (Wildman–Crippen LogP) is 5.37. The lowest BCUT2D eigenvalue weighted by molar-refractivity contribution is 0.883. The van der Waals surface area contributed by atoms with Crippen molar-refractivity contribution in [2.24, 2.45) is 5.92 Å². The largest absolute Gasteiger partial charge is 0.370 e. The van der Waals surface area contributed by atoms with Crippen molar-refractivity contribution in [2.45, 2.75) is 40.5 Å². The first-order chi connectivity index (χ1) is 8.25. The van der Waals surface area contributed by atoms with Gasteiger partial charge in [0.15, 0.2) is 0 Å². The maximum absolute atomic E-state index is 5.92. The van der Waals surface area contributed by atoms with E-state index in [2.05, 4.69) is 26.2 Å². The minimum atomic E-state index is 0.702. The highest BCUT2D eigenvalue weighted by Crippen LogP contribution is 2.29. The Bertz CT molecular complexity index is 314. The molecule has 0 saturated heterocycles. The summed E-state index contributed by atoms with van der Waals surface area (Å²) < 4.78 is 0.839. The van der Waals surface area contributed by atoms with Gasteiger partial charge in [0.05, 0.1) is 9.50 Å². The minimum absolute atomic E-state index is 0.702. The standard InChI is InChI=1S/C9H10BrClN2.2C2H6/c10-7-5-13-9(3-8(7)11)12-4-6-1-2-6;2*1-2/h3,5-6H,1-2,4H2,(H,12,13);2*1-2H3. The summed E-state index contributed by atoms with van der Waals surface area (Å²) in [6.07, 6.45) is 4.41. The van der Waals surface area contributed by atoms with Crippen LogP contribution >= 0.6 is 27.5 Å². The van der Waals surface area contributed by atoms with E-state index in [0.29, 0.717) is 5.02 Å². The molecule has 0 unspecified atom stereocenters. The van der Waals surface area contributed by atoms with Crippen molar-refractivity contribution in [1.29, 1.82) is 0 Å². The second-order valence-electron chi connectivity index (χ2n) is 3.31. The Morgan fingerprint density at radius 2 is 1.94 bits per heavy atom. The maximum atomic E-state index is 5.92. The first kappa shape index (κ1) is 16.7. The molecule has 0 aromatic carbocycles. The van der Waals surface area contributed by atoms with Crippen LogP contribution in [0.3, 0.4) is 0 Å². The average molecular weight is 322 g/mol. The number of anilines is 1. The van der Waals surface area contributed by atoms with Crippen LogP contribution in [0.4, 0.5) is 5.82 Å². The lowest BCUT2D eigenvalue weighted by atomic mass is 10.4. The zero-order valence-electron chi connectivity index (χ0n) is 11.1. The molecule has 0 aliphatic heterocycles. The molecule has 0 amide bonds. The summed E-state index contributed by atoms with van der Waals surface area (Å²) >= 11 is 9.22. The molecule has 2 rings (SSSR count). The van der Waals surface area contributed by atoms with Crippen LogP contribution in [0.15, 0.2) is 16.7 Å². The highest BCUT2D eigenvalue weighted by molar-refractivity contribution is 9.10. The van der Waals surface area contributed by atoms with E-state index in [1.165, 1.54) is 12.8 Å². The molecule has 1 N–H and O–H groups in total. The van der Waals surface area contributed by atoms with Gasteiger partial charge in [-0.2, -0.15) is 0 Å². The summed E-state index contributed by atoms with van der Waals surface area (Å²) in [5, 5.41) is 3.96. The number of hydrogen-bond acceptors (Lipinski definition) is 2. The molecule has 4 heteroatoms. The molecule has 17 heavy (non-hydrogen) atoms. The predicted molar refractivity (Wildman–Crippen MR) is 80.9 cm³/mol.